The Kier molecular flexibility index (Phi) is 4.25. The number of nitrogens with zero attached hydrogens (tertiary/aromatic N) is 1. The van der Waals surface area contributed by atoms with Crippen molar-refractivity contribution in [2.75, 3.05) is 13.0 Å². The Morgan fingerprint density at radius 3 is 2.63 bits per heavy atom. The fourth-order valence-electron chi connectivity index (χ4n) is 3.03. The number of H-pyrrole nitrogens is 1. The van der Waals surface area contributed by atoms with Crippen LogP contribution in [0.5, 0.6) is 0 Å². The van der Waals surface area contributed by atoms with Gasteiger partial charge in [0.1, 0.15) is 0 Å². The van der Waals surface area contributed by atoms with Crippen LogP contribution in [0.3, 0.4) is 0 Å². The van der Waals surface area contributed by atoms with Crippen LogP contribution >= 0.6 is 0 Å². The summed E-state index contributed by atoms with van der Waals surface area (Å²) in [7, 11) is -4.00. The fourth-order valence-corrected chi connectivity index (χ4v) is 4.29. The maximum absolute atomic E-state index is 13.4. The zero-order valence-electron chi connectivity index (χ0n) is 17.3. The topological polar surface area (TPSA) is 53.2 Å². The number of aromatic amines is 1. The van der Waals surface area contributed by atoms with Crippen molar-refractivity contribution in [1.82, 2.24) is 9.29 Å². The standard InChI is InChI=1S/C22H24N2O2S/c1-17-6-10-20(11-7-17)27(25,26)24(14-12-18-8-9-18)15-13-19-16-23-22-5-3-2-4-21(19)22/h2-7,10-12,16,23H,8-9,13-15H2,1H3/i14D2. The monoisotopic (exact) mass is 382 g/mol. The van der Waals surface area contributed by atoms with Gasteiger partial charge in [-0.05, 0) is 49.9 Å². The summed E-state index contributed by atoms with van der Waals surface area (Å²) in [5.41, 5.74) is 3.88. The third kappa shape index (κ3) is 3.99. The van der Waals surface area contributed by atoms with Crippen molar-refractivity contribution in [2.24, 2.45) is 0 Å². The molecule has 1 N–H and O–H groups in total. The molecule has 27 heavy (non-hydrogen) atoms. The van der Waals surface area contributed by atoms with Gasteiger partial charge in [-0.1, -0.05) is 47.5 Å². The zero-order valence-corrected chi connectivity index (χ0v) is 16.1. The van der Waals surface area contributed by atoms with Crippen LogP contribution in [0.1, 0.15) is 26.7 Å². The van der Waals surface area contributed by atoms with Crippen molar-refractivity contribution < 1.29 is 11.2 Å². The van der Waals surface area contributed by atoms with Gasteiger partial charge in [0, 0.05) is 32.9 Å². The predicted octanol–water partition coefficient (Wildman–Crippen LogP) is 4.43. The highest BCUT2D eigenvalue weighted by Gasteiger charge is 2.24. The minimum absolute atomic E-state index is 0.0504. The first-order valence-corrected chi connectivity index (χ1v) is 10.6. The highest BCUT2D eigenvalue weighted by atomic mass is 32.2. The van der Waals surface area contributed by atoms with E-state index >= 15 is 0 Å². The van der Waals surface area contributed by atoms with E-state index in [9.17, 15) is 8.42 Å². The molecule has 1 aliphatic rings. The molecule has 0 aliphatic heterocycles. The predicted molar refractivity (Wildman–Crippen MR) is 109 cm³/mol. The third-order valence-electron chi connectivity index (χ3n) is 4.82. The summed E-state index contributed by atoms with van der Waals surface area (Å²) >= 11 is 0. The number of benzene rings is 2. The number of aromatic nitrogens is 1. The molecule has 0 atom stereocenters. The summed E-state index contributed by atoms with van der Waals surface area (Å²) in [6.07, 6.45) is 5.42. The Labute approximate surface area is 163 Å². The molecule has 0 amide bonds. The second kappa shape index (κ2) is 7.33. The van der Waals surface area contributed by atoms with E-state index in [0.29, 0.717) is 6.42 Å². The van der Waals surface area contributed by atoms with E-state index in [1.807, 2.05) is 37.4 Å². The lowest BCUT2D eigenvalue weighted by molar-refractivity contribution is 0.445. The number of fused-ring (bicyclic) bond motifs is 1. The van der Waals surface area contributed by atoms with Crippen molar-refractivity contribution in [2.45, 2.75) is 31.1 Å². The summed E-state index contributed by atoms with van der Waals surface area (Å²) in [5, 5.41) is 1.03. The molecule has 0 bridgehead atoms. The minimum atomic E-state index is -4.00. The van der Waals surface area contributed by atoms with Gasteiger partial charge in [0.15, 0.2) is 0 Å². The van der Waals surface area contributed by atoms with Crippen LogP contribution in [0.25, 0.3) is 10.9 Å². The molecule has 1 heterocycles. The summed E-state index contributed by atoms with van der Waals surface area (Å²) in [5.74, 6) is 0. The largest absolute Gasteiger partial charge is 0.361 e. The number of hydrogen-bond donors (Lipinski definition) is 1. The fraction of sp³-hybridized carbons (Fsp3) is 0.273. The second-order valence-electron chi connectivity index (χ2n) is 6.93. The number of sulfonamides is 1. The first kappa shape index (κ1) is 15.7. The lowest BCUT2D eigenvalue weighted by Gasteiger charge is -2.21. The van der Waals surface area contributed by atoms with Crippen LogP contribution in [0, 0.1) is 6.92 Å². The maximum atomic E-state index is 13.4. The van der Waals surface area contributed by atoms with Crippen LogP contribution < -0.4 is 0 Å². The highest BCUT2D eigenvalue weighted by molar-refractivity contribution is 7.89. The number of nitrogens with one attached hydrogen (secondary N) is 1. The van der Waals surface area contributed by atoms with Crippen molar-refractivity contribution in [3.63, 3.8) is 0 Å². The third-order valence-corrected chi connectivity index (χ3v) is 6.56. The number of hydrogen-bond acceptors (Lipinski definition) is 2. The summed E-state index contributed by atoms with van der Waals surface area (Å²) < 4.78 is 44.8. The average molecular weight is 383 g/mol. The van der Waals surface area contributed by atoms with E-state index in [2.05, 4.69) is 4.98 Å². The van der Waals surface area contributed by atoms with Gasteiger partial charge < -0.3 is 4.98 Å². The molecule has 0 spiro atoms. The Balaban J connectivity index is 1.68. The maximum Gasteiger partial charge on any atom is 0.243 e. The summed E-state index contributed by atoms with van der Waals surface area (Å²) in [6.45, 7) is -0.140. The molecule has 3 aromatic rings. The summed E-state index contributed by atoms with van der Waals surface area (Å²) in [6, 6.07) is 14.4. The van der Waals surface area contributed by atoms with Crippen LogP contribution in [0.15, 0.2) is 71.3 Å². The smallest absolute Gasteiger partial charge is 0.243 e. The normalized spacial score (nSPS) is 15.7. The molecule has 1 fully saturated rings. The highest BCUT2D eigenvalue weighted by Crippen LogP contribution is 2.28. The van der Waals surface area contributed by atoms with Crippen LogP contribution in [0.2, 0.25) is 0 Å². The van der Waals surface area contributed by atoms with Gasteiger partial charge in [-0.15, -0.1) is 0 Å². The van der Waals surface area contributed by atoms with E-state index in [1.165, 1.54) is 6.08 Å². The lowest BCUT2D eigenvalue weighted by Crippen LogP contribution is -2.33. The minimum Gasteiger partial charge on any atom is -0.361 e. The van der Waals surface area contributed by atoms with E-state index < -0.39 is 16.5 Å². The van der Waals surface area contributed by atoms with Crippen LogP contribution in [0.4, 0.5) is 0 Å². The van der Waals surface area contributed by atoms with Gasteiger partial charge in [-0.25, -0.2) is 8.42 Å². The van der Waals surface area contributed by atoms with Crippen LogP contribution in [-0.4, -0.2) is 30.7 Å². The first-order chi connectivity index (χ1) is 13.8. The van der Waals surface area contributed by atoms with Crippen molar-refractivity contribution in [1.29, 1.82) is 0 Å². The number of para-hydroxylation sites is 1. The number of rotatable bonds is 7. The molecule has 4 rings (SSSR count). The molecule has 1 aromatic heterocycles. The van der Waals surface area contributed by atoms with Gasteiger partial charge in [0.05, 0.1) is 4.90 Å². The van der Waals surface area contributed by atoms with Crippen LogP contribution in [-0.2, 0) is 16.4 Å². The van der Waals surface area contributed by atoms with Gasteiger partial charge in [-0.3, -0.25) is 0 Å². The molecular formula is C22H24N2O2S. The molecule has 0 unspecified atom stereocenters. The van der Waals surface area contributed by atoms with E-state index in [4.69, 9.17) is 2.74 Å². The van der Waals surface area contributed by atoms with Gasteiger partial charge in [0.2, 0.25) is 10.0 Å². The Morgan fingerprint density at radius 2 is 1.89 bits per heavy atom. The average Bonchev–Trinajstić information content (AvgIpc) is 3.38. The molecule has 4 nitrogen and oxygen atoms in total. The van der Waals surface area contributed by atoms with E-state index in [1.54, 1.807) is 24.3 Å². The molecule has 5 heteroatoms. The van der Waals surface area contributed by atoms with Gasteiger partial charge in [0.25, 0.3) is 0 Å². The van der Waals surface area contributed by atoms with Crippen molar-refractivity contribution in [3.8, 4) is 0 Å². The molecule has 140 valence electrons. The van der Waals surface area contributed by atoms with Gasteiger partial charge in [-0.2, -0.15) is 4.31 Å². The molecule has 0 radical (unpaired) electrons. The Hall–Kier alpha value is -2.37. The first-order valence-electron chi connectivity index (χ1n) is 10.1. The molecule has 1 aliphatic carbocycles. The SMILES string of the molecule is [2H]C([2H])(C=C1CC1)N(CCc1c[nH]c2ccccc12)S(=O)(=O)c1ccc(C)cc1. The Bertz CT molecular complexity index is 1160. The van der Waals surface area contributed by atoms with E-state index in [-0.39, 0.29) is 11.4 Å². The number of allylic oxidation sites excluding steroid dienone is 1. The summed E-state index contributed by atoms with van der Waals surface area (Å²) in [4.78, 5) is 3.31. The van der Waals surface area contributed by atoms with Crippen molar-refractivity contribution >= 4 is 20.9 Å². The lowest BCUT2D eigenvalue weighted by atomic mass is 10.1. The zero-order chi connectivity index (χ0) is 20.6. The number of aryl methyl sites for hydroxylation is 1. The second-order valence-corrected chi connectivity index (χ2v) is 8.79. The Morgan fingerprint density at radius 1 is 1.15 bits per heavy atom. The molecule has 1 saturated carbocycles. The van der Waals surface area contributed by atoms with E-state index in [0.717, 1.165) is 44.7 Å². The molecule has 0 saturated heterocycles. The van der Waals surface area contributed by atoms with Gasteiger partial charge >= 0.3 is 0 Å². The quantitative estimate of drug-likeness (QED) is 0.615. The molecule has 2 aromatic carbocycles. The van der Waals surface area contributed by atoms with Crippen molar-refractivity contribution in [3.05, 3.63) is 77.5 Å². The molecular weight excluding hydrogens is 356 g/mol.